The number of aromatic nitrogens is 2. The smallest absolute Gasteiger partial charge is 0.122 e. The zero-order chi connectivity index (χ0) is 13.7. The molecule has 1 N–H and O–H groups in total. The summed E-state index contributed by atoms with van der Waals surface area (Å²) in [6.45, 7) is 12.2. The van der Waals surface area contributed by atoms with E-state index in [4.69, 9.17) is 0 Å². The van der Waals surface area contributed by atoms with Gasteiger partial charge in [0.05, 0.1) is 6.54 Å². The van der Waals surface area contributed by atoms with E-state index in [1.807, 2.05) is 6.20 Å². The number of piperidine rings is 1. The molecule has 0 spiro atoms. The van der Waals surface area contributed by atoms with E-state index in [9.17, 15) is 0 Å². The van der Waals surface area contributed by atoms with Gasteiger partial charge in [0.1, 0.15) is 5.82 Å². The van der Waals surface area contributed by atoms with Gasteiger partial charge in [-0.1, -0.05) is 13.8 Å². The molecule has 2 rings (SSSR count). The lowest BCUT2D eigenvalue weighted by Crippen LogP contribution is -2.41. The van der Waals surface area contributed by atoms with E-state index < -0.39 is 0 Å². The first kappa shape index (κ1) is 14.5. The van der Waals surface area contributed by atoms with Crippen molar-refractivity contribution in [3.63, 3.8) is 0 Å². The maximum Gasteiger partial charge on any atom is 0.122 e. The van der Waals surface area contributed by atoms with E-state index in [1.54, 1.807) is 0 Å². The molecular weight excluding hydrogens is 236 g/mol. The number of nitrogens with one attached hydrogen (secondary N) is 1. The summed E-state index contributed by atoms with van der Waals surface area (Å²) in [5.74, 6) is 2.00. The summed E-state index contributed by atoms with van der Waals surface area (Å²) in [6.07, 6.45) is 6.67. The predicted molar refractivity (Wildman–Crippen MR) is 79.0 cm³/mol. The zero-order valence-corrected chi connectivity index (χ0v) is 12.6. The highest BCUT2D eigenvalue weighted by molar-refractivity contribution is 4.93. The van der Waals surface area contributed by atoms with Gasteiger partial charge in [0.15, 0.2) is 0 Å². The number of likely N-dealkylation sites (tertiary alicyclic amines) is 1. The minimum atomic E-state index is 0.592. The van der Waals surface area contributed by atoms with Crippen molar-refractivity contribution < 1.29 is 0 Å². The van der Waals surface area contributed by atoms with Crippen LogP contribution in [0.1, 0.15) is 39.4 Å². The average Bonchev–Trinajstić information content (AvgIpc) is 2.84. The Morgan fingerprint density at radius 2 is 2.32 bits per heavy atom. The second-order valence-corrected chi connectivity index (χ2v) is 5.94. The maximum atomic E-state index is 4.49. The van der Waals surface area contributed by atoms with Crippen LogP contribution in [0.5, 0.6) is 0 Å². The molecule has 4 heteroatoms. The second kappa shape index (κ2) is 7.06. The van der Waals surface area contributed by atoms with Crippen molar-refractivity contribution in [2.75, 3.05) is 19.6 Å². The Kier molecular flexibility index (Phi) is 5.40. The van der Waals surface area contributed by atoms with Gasteiger partial charge in [-0.3, -0.25) is 4.90 Å². The first-order chi connectivity index (χ1) is 9.19. The van der Waals surface area contributed by atoms with Crippen molar-refractivity contribution in [3.8, 4) is 0 Å². The van der Waals surface area contributed by atoms with Gasteiger partial charge in [-0.05, 0) is 38.8 Å². The minimum absolute atomic E-state index is 0.592. The van der Waals surface area contributed by atoms with E-state index in [1.165, 1.54) is 31.8 Å². The lowest BCUT2D eigenvalue weighted by molar-refractivity contribution is 0.159. The summed E-state index contributed by atoms with van der Waals surface area (Å²) in [5, 5.41) is 3.57. The van der Waals surface area contributed by atoms with Crippen LogP contribution in [0.2, 0.25) is 0 Å². The third-order valence-corrected chi connectivity index (χ3v) is 3.93. The molecule has 4 nitrogen and oxygen atoms in total. The molecule has 1 aromatic rings. The number of hydrogen-bond acceptors (Lipinski definition) is 3. The molecule has 108 valence electrons. The predicted octanol–water partition coefficient (Wildman–Crippen LogP) is 2.11. The average molecular weight is 264 g/mol. The number of rotatable bonds is 6. The lowest BCUT2D eigenvalue weighted by Gasteiger charge is -2.33. The maximum absolute atomic E-state index is 4.49. The Morgan fingerprint density at radius 1 is 1.47 bits per heavy atom. The van der Waals surface area contributed by atoms with Crippen molar-refractivity contribution in [2.45, 2.75) is 52.7 Å². The van der Waals surface area contributed by atoms with Gasteiger partial charge < -0.3 is 9.88 Å². The fourth-order valence-electron chi connectivity index (χ4n) is 2.84. The Hall–Kier alpha value is -0.870. The third kappa shape index (κ3) is 4.32. The van der Waals surface area contributed by atoms with Crippen molar-refractivity contribution in [2.24, 2.45) is 5.92 Å². The highest BCUT2D eigenvalue weighted by Crippen LogP contribution is 2.17. The summed E-state index contributed by atoms with van der Waals surface area (Å²) >= 11 is 0. The SMILES string of the molecule is CCn1ccnc1CN1CCCC(CNC(C)C)C1. The molecule has 1 fully saturated rings. The first-order valence-corrected chi connectivity index (χ1v) is 7.64. The van der Waals surface area contributed by atoms with Gasteiger partial charge in [0, 0.05) is 31.5 Å². The van der Waals surface area contributed by atoms with E-state index in [-0.39, 0.29) is 0 Å². The van der Waals surface area contributed by atoms with Crippen LogP contribution in [0.4, 0.5) is 0 Å². The van der Waals surface area contributed by atoms with E-state index in [0.717, 1.165) is 25.6 Å². The Labute approximate surface area is 117 Å². The summed E-state index contributed by atoms with van der Waals surface area (Å²) in [6, 6.07) is 0.592. The summed E-state index contributed by atoms with van der Waals surface area (Å²) in [4.78, 5) is 7.05. The molecular formula is C15H28N4. The van der Waals surface area contributed by atoms with Crippen LogP contribution in [0.25, 0.3) is 0 Å². The van der Waals surface area contributed by atoms with Crippen molar-refractivity contribution >= 4 is 0 Å². The van der Waals surface area contributed by atoms with Crippen LogP contribution in [0, 0.1) is 5.92 Å². The van der Waals surface area contributed by atoms with Gasteiger partial charge in [-0.15, -0.1) is 0 Å². The molecule has 0 aromatic carbocycles. The van der Waals surface area contributed by atoms with E-state index >= 15 is 0 Å². The molecule has 1 aromatic heterocycles. The number of hydrogen-bond donors (Lipinski definition) is 1. The third-order valence-electron chi connectivity index (χ3n) is 3.93. The molecule has 0 radical (unpaired) electrons. The highest BCUT2D eigenvalue weighted by Gasteiger charge is 2.20. The van der Waals surface area contributed by atoms with Crippen LogP contribution >= 0.6 is 0 Å². The Morgan fingerprint density at radius 3 is 3.05 bits per heavy atom. The minimum Gasteiger partial charge on any atom is -0.334 e. The van der Waals surface area contributed by atoms with Crippen molar-refractivity contribution in [1.29, 1.82) is 0 Å². The van der Waals surface area contributed by atoms with Crippen LogP contribution in [0.3, 0.4) is 0 Å². The van der Waals surface area contributed by atoms with E-state index in [0.29, 0.717) is 6.04 Å². The van der Waals surface area contributed by atoms with Crippen LogP contribution in [-0.4, -0.2) is 40.1 Å². The van der Waals surface area contributed by atoms with Crippen LogP contribution in [-0.2, 0) is 13.1 Å². The second-order valence-electron chi connectivity index (χ2n) is 5.94. The molecule has 1 aliphatic rings. The Bertz CT molecular complexity index is 372. The molecule has 1 aliphatic heterocycles. The molecule has 0 amide bonds. The van der Waals surface area contributed by atoms with Crippen molar-refractivity contribution in [3.05, 3.63) is 18.2 Å². The summed E-state index contributed by atoms with van der Waals surface area (Å²) in [7, 11) is 0. The number of aryl methyl sites for hydroxylation is 1. The summed E-state index contributed by atoms with van der Waals surface area (Å²) in [5.41, 5.74) is 0. The zero-order valence-electron chi connectivity index (χ0n) is 12.6. The largest absolute Gasteiger partial charge is 0.334 e. The van der Waals surface area contributed by atoms with Gasteiger partial charge in [-0.25, -0.2) is 4.98 Å². The lowest BCUT2D eigenvalue weighted by atomic mass is 9.98. The van der Waals surface area contributed by atoms with E-state index in [2.05, 4.69) is 46.7 Å². The quantitative estimate of drug-likeness (QED) is 0.854. The number of nitrogens with zero attached hydrogens (tertiary/aromatic N) is 3. The molecule has 1 unspecified atom stereocenters. The first-order valence-electron chi connectivity index (χ1n) is 7.64. The Balaban J connectivity index is 1.84. The van der Waals surface area contributed by atoms with Crippen molar-refractivity contribution in [1.82, 2.24) is 19.8 Å². The monoisotopic (exact) mass is 264 g/mol. The van der Waals surface area contributed by atoms with Gasteiger partial charge in [-0.2, -0.15) is 0 Å². The normalized spacial score (nSPS) is 21.2. The molecule has 19 heavy (non-hydrogen) atoms. The molecule has 1 saturated heterocycles. The van der Waals surface area contributed by atoms with Gasteiger partial charge in [0.2, 0.25) is 0 Å². The number of imidazole rings is 1. The molecule has 2 heterocycles. The molecule has 0 aliphatic carbocycles. The fraction of sp³-hybridized carbons (Fsp3) is 0.800. The molecule has 0 saturated carbocycles. The topological polar surface area (TPSA) is 33.1 Å². The standard InChI is InChI=1S/C15H28N4/c1-4-19-9-7-16-15(19)12-18-8-5-6-14(11-18)10-17-13(2)3/h7,9,13-14,17H,4-6,8,10-12H2,1-3H3. The molecule has 1 atom stereocenters. The van der Waals surface area contributed by atoms with Gasteiger partial charge in [0.25, 0.3) is 0 Å². The molecule has 0 bridgehead atoms. The summed E-state index contributed by atoms with van der Waals surface area (Å²) < 4.78 is 2.25. The van der Waals surface area contributed by atoms with Crippen LogP contribution in [0.15, 0.2) is 12.4 Å². The van der Waals surface area contributed by atoms with Crippen LogP contribution < -0.4 is 5.32 Å². The highest BCUT2D eigenvalue weighted by atomic mass is 15.2. The van der Waals surface area contributed by atoms with Gasteiger partial charge >= 0.3 is 0 Å². The fourth-order valence-corrected chi connectivity index (χ4v) is 2.84.